The minimum absolute atomic E-state index is 0.211. The summed E-state index contributed by atoms with van der Waals surface area (Å²) in [5, 5.41) is 0. The quantitative estimate of drug-likeness (QED) is 0.494. The summed E-state index contributed by atoms with van der Waals surface area (Å²) in [6, 6.07) is 0. The van der Waals surface area contributed by atoms with E-state index in [1.807, 2.05) is 6.08 Å². The van der Waals surface area contributed by atoms with E-state index in [0.29, 0.717) is 0 Å². The molecule has 1 unspecified atom stereocenters. The second-order valence-corrected chi connectivity index (χ2v) is 2.43. The molecule has 0 fully saturated rings. The number of hydrogen-bond acceptors (Lipinski definition) is 2. The van der Waals surface area contributed by atoms with Crippen LogP contribution in [-0.4, -0.2) is 15.4 Å². The average molecular weight is 164 g/mol. The Morgan fingerprint density at radius 1 is 1.60 bits per heavy atom. The highest BCUT2D eigenvalue weighted by atomic mass is 32.2. The lowest BCUT2D eigenvalue weighted by Crippen LogP contribution is -1.93. The van der Waals surface area contributed by atoms with Gasteiger partial charge in [-0.1, -0.05) is 25.5 Å². The van der Waals surface area contributed by atoms with Crippen molar-refractivity contribution in [1.29, 1.82) is 0 Å². The van der Waals surface area contributed by atoms with Crippen molar-refractivity contribution in [3.05, 3.63) is 12.2 Å². The maximum atomic E-state index is 9.89. The Balaban J connectivity index is 3.10. The van der Waals surface area contributed by atoms with Gasteiger partial charge >= 0.3 is 11.4 Å². The van der Waals surface area contributed by atoms with Crippen molar-refractivity contribution < 1.29 is 12.9 Å². The van der Waals surface area contributed by atoms with E-state index in [1.54, 1.807) is 6.08 Å². The Kier molecular flexibility index (Phi) is 6.79. The molecular weight excluding hydrogens is 152 g/mol. The highest BCUT2D eigenvalue weighted by molar-refractivity contribution is 7.74. The molecule has 0 amide bonds. The first-order chi connectivity index (χ1) is 4.77. The molecule has 0 radical (unpaired) electrons. The minimum Gasteiger partial charge on any atom is -0.284 e. The third-order valence-electron chi connectivity index (χ3n) is 0.887. The first kappa shape index (κ1) is 9.81. The molecule has 0 saturated heterocycles. The summed E-state index contributed by atoms with van der Waals surface area (Å²) in [7, 11) is 0. The standard InChI is InChI=1S/C6H12O3S/c1-2-3-4-5-6-9-10(7)8/h4-5H,2-3,6H2,1H3,(H,7,8). The Morgan fingerprint density at radius 3 is 2.80 bits per heavy atom. The van der Waals surface area contributed by atoms with E-state index in [2.05, 4.69) is 11.1 Å². The molecule has 0 spiro atoms. The third kappa shape index (κ3) is 7.81. The summed E-state index contributed by atoms with van der Waals surface area (Å²) in [4.78, 5) is 0. The summed E-state index contributed by atoms with van der Waals surface area (Å²) >= 11 is -2.12. The van der Waals surface area contributed by atoms with Gasteiger partial charge in [-0.3, -0.25) is 8.74 Å². The van der Waals surface area contributed by atoms with Gasteiger partial charge in [-0.25, -0.2) is 0 Å². The molecule has 10 heavy (non-hydrogen) atoms. The monoisotopic (exact) mass is 164 g/mol. The van der Waals surface area contributed by atoms with Crippen molar-refractivity contribution in [1.82, 2.24) is 0 Å². The van der Waals surface area contributed by atoms with Crippen LogP contribution >= 0.6 is 0 Å². The Bertz CT molecular complexity index is 122. The molecule has 0 aliphatic heterocycles. The number of allylic oxidation sites excluding steroid dienone is 1. The van der Waals surface area contributed by atoms with Gasteiger partial charge in [0.15, 0.2) is 0 Å². The molecule has 1 atom stereocenters. The van der Waals surface area contributed by atoms with Gasteiger partial charge in [-0.15, -0.1) is 0 Å². The van der Waals surface area contributed by atoms with E-state index >= 15 is 0 Å². The van der Waals surface area contributed by atoms with E-state index in [0.717, 1.165) is 12.8 Å². The Morgan fingerprint density at radius 2 is 2.30 bits per heavy atom. The lowest BCUT2D eigenvalue weighted by molar-refractivity contribution is 0.342. The molecule has 0 aliphatic carbocycles. The first-order valence-corrected chi connectivity index (χ1v) is 4.19. The molecule has 0 aromatic rings. The lowest BCUT2D eigenvalue weighted by atomic mass is 10.3. The van der Waals surface area contributed by atoms with Crippen LogP contribution in [0.3, 0.4) is 0 Å². The van der Waals surface area contributed by atoms with E-state index in [1.165, 1.54) is 0 Å². The van der Waals surface area contributed by atoms with Gasteiger partial charge in [0.25, 0.3) is 0 Å². The highest BCUT2D eigenvalue weighted by Gasteiger charge is 1.86. The molecule has 0 aromatic carbocycles. The Labute approximate surface area is 63.6 Å². The Hall–Kier alpha value is -0.190. The fourth-order valence-electron chi connectivity index (χ4n) is 0.450. The predicted molar refractivity (Wildman–Crippen MR) is 40.8 cm³/mol. The van der Waals surface area contributed by atoms with Crippen LogP contribution in [0.25, 0.3) is 0 Å². The largest absolute Gasteiger partial charge is 0.302 e. The van der Waals surface area contributed by atoms with Gasteiger partial charge in [-0.05, 0) is 6.42 Å². The van der Waals surface area contributed by atoms with E-state index < -0.39 is 11.4 Å². The summed E-state index contributed by atoms with van der Waals surface area (Å²) < 4.78 is 22.3. The third-order valence-corrected chi connectivity index (χ3v) is 1.22. The van der Waals surface area contributed by atoms with Gasteiger partial charge in [0.05, 0.1) is 6.61 Å². The molecule has 1 N–H and O–H groups in total. The van der Waals surface area contributed by atoms with Crippen LogP contribution in [0.4, 0.5) is 0 Å². The van der Waals surface area contributed by atoms with Crippen LogP contribution in [0.5, 0.6) is 0 Å². The van der Waals surface area contributed by atoms with Gasteiger partial charge in [-0.2, -0.15) is 4.21 Å². The molecule has 0 aromatic heterocycles. The van der Waals surface area contributed by atoms with Crippen LogP contribution in [0.15, 0.2) is 12.2 Å². The zero-order valence-electron chi connectivity index (χ0n) is 5.95. The molecule has 4 heteroatoms. The summed E-state index contributed by atoms with van der Waals surface area (Å²) in [6.07, 6.45) is 5.73. The van der Waals surface area contributed by atoms with Crippen molar-refractivity contribution >= 4 is 11.4 Å². The van der Waals surface area contributed by atoms with Gasteiger partial charge in [0.1, 0.15) is 0 Å². The topological polar surface area (TPSA) is 46.5 Å². The van der Waals surface area contributed by atoms with E-state index in [-0.39, 0.29) is 6.61 Å². The summed E-state index contributed by atoms with van der Waals surface area (Å²) in [5.41, 5.74) is 0. The fraction of sp³-hybridized carbons (Fsp3) is 0.667. The molecule has 0 heterocycles. The molecule has 0 rings (SSSR count). The van der Waals surface area contributed by atoms with Crippen molar-refractivity contribution in [2.24, 2.45) is 0 Å². The lowest BCUT2D eigenvalue weighted by Gasteiger charge is -1.89. The average Bonchev–Trinajstić information content (AvgIpc) is 1.87. The minimum atomic E-state index is -2.12. The number of unbranched alkanes of at least 4 members (excludes halogenated alkanes) is 1. The van der Waals surface area contributed by atoms with Gasteiger partial charge in [0.2, 0.25) is 0 Å². The van der Waals surface area contributed by atoms with Crippen LogP contribution in [0, 0.1) is 0 Å². The van der Waals surface area contributed by atoms with E-state index in [9.17, 15) is 4.21 Å². The van der Waals surface area contributed by atoms with Crippen LogP contribution in [-0.2, 0) is 15.5 Å². The molecule has 60 valence electrons. The van der Waals surface area contributed by atoms with Crippen molar-refractivity contribution in [2.75, 3.05) is 6.61 Å². The summed E-state index contributed by atoms with van der Waals surface area (Å²) in [6.45, 7) is 2.28. The fourth-order valence-corrected chi connectivity index (χ4v) is 0.645. The zero-order chi connectivity index (χ0) is 7.82. The maximum absolute atomic E-state index is 9.89. The van der Waals surface area contributed by atoms with Crippen molar-refractivity contribution in [2.45, 2.75) is 19.8 Å². The number of rotatable bonds is 5. The molecular formula is C6H12O3S. The molecule has 0 aliphatic rings. The molecule has 0 saturated carbocycles. The SMILES string of the molecule is CCCC=CCOS(=O)O. The van der Waals surface area contributed by atoms with E-state index in [4.69, 9.17) is 4.55 Å². The van der Waals surface area contributed by atoms with Gasteiger partial charge < -0.3 is 0 Å². The zero-order valence-corrected chi connectivity index (χ0v) is 6.76. The number of hydrogen-bond donors (Lipinski definition) is 1. The second kappa shape index (κ2) is 6.92. The maximum Gasteiger partial charge on any atom is 0.302 e. The van der Waals surface area contributed by atoms with Crippen molar-refractivity contribution in [3.63, 3.8) is 0 Å². The van der Waals surface area contributed by atoms with Crippen LogP contribution in [0.2, 0.25) is 0 Å². The highest BCUT2D eigenvalue weighted by Crippen LogP contribution is 1.88. The summed E-state index contributed by atoms with van der Waals surface area (Å²) in [5.74, 6) is 0. The van der Waals surface area contributed by atoms with Crippen LogP contribution in [0.1, 0.15) is 19.8 Å². The molecule has 0 bridgehead atoms. The smallest absolute Gasteiger partial charge is 0.284 e. The van der Waals surface area contributed by atoms with Crippen LogP contribution < -0.4 is 0 Å². The first-order valence-electron chi connectivity index (χ1n) is 3.16. The second-order valence-electron chi connectivity index (χ2n) is 1.76. The van der Waals surface area contributed by atoms with Crippen molar-refractivity contribution in [3.8, 4) is 0 Å². The normalized spacial score (nSPS) is 14.2. The van der Waals surface area contributed by atoms with Gasteiger partial charge in [0, 0.05) is 0 Å². The predicted octanol–water partition coefficient (Wildman–Crippen LogP) is 1.50. The molecule has 3 nitrogen and oxygen atoms in total.